The highest BCUT2D eigenvalue weighted by atomic mass is 19.1. The van der Waals surface area contributed by atoms with E-state index in [1.807, 2.05) is 13.0 Å². The average molecular weight is 326 g/mol. The number of hydrogen-bond acceptors (Lipinski definition) is 2. The van der Waals surface area contributed by atoms with E-state index in [4.69, 9.17) is 0 Å². The molecule has 24 heavy (non-hydrogen) atoms. The lowest BCUT2D eigenvalue weighted by molar-refractivity contribution is 0.321. The third-order valence-electron chi connectivity index (χ3n) is 5.18. The maximum atomic E-state index is 13.5. The Morgan fingerprint density at radius 2 is 2.17 bits per heavy atom. The highest BCUT2D eigenvalue weighted by Crippen LogP contribution is 2.29. The number of hydrogen-bond donors (Lipinski definition) is 1. The molecule has 1 atom stereocenters. The van der Waals surface area contributed by atoms with Crippen LogP contribution in [0.1, 0.15) is 35.1 Å². The summed E-state index contributed by atoms with van der Waals surface area (Å²) in [7, 11) is 2.08. The van der Waals surface area contributed by atoms with Crippen molar-refractivity contribution in [1.82, 2.24) is 19.4 Å². The summed E-state index contributed by atoms with van der Waals surface area (Å²) in [6, 6.07) is 4.95. The molecule has 1 aliphatic heterocycles. The van der Waals surface area contributed by atoms with Gasteiger partial charge < -0.3 is 9.55 Å². The number of likely N-dealkylation sites (tertiary alicyclic amines) is 1. The number of nitrogens with zero attached hydrogens (tertiary/aromatic N) is 3. The molecule has 1 fully saturated rings. The first-order valence-electron chi connectivity index (χ1n) is 8.50. The summed E-state index contributed by atoms with van der Waals surface area (Å²) in [5.41, 5.74) is 4.44. The van der Waals surface area contributed by atoms with Gasteiger partial charge in [-0.2, -0.15) is 0 Å². The van der Waals surface area contributed by atoms with Gasteiger partial charge in [0.1, 0.15) is 11.6 Å². The number of H-pyrrole nitrogens is 1. The first-order valence-corrected chi connectivity index (χ1v) is 8.50. The fraction of sp³-hybridized carbons (Fsp3) is 0.421. The average Bonchev–Trinajstić information content (AvgIpc) is 3.20. The van der Waals surface area contributed by atoms with E-state index in [0.29, 0.717) is 5.92 Å². The van der Waals surface area contributed by atoms with Crippen molar-refractivity contribution in [2.45, 2.75) is 32.7 Å². The number of rotatable bonds is 3. The molecule has 3 aromatic rings. The van der Waals surface area contributed by atoms with Crippen molar-refractivity contribution in [3.8, 4) is 0 Å². The molecule has 1 N–H and O–H groups in total. The number of aryl methyl sites for hydroxylation is 3. The summed E-state index contributed by atoms with van der Waals surface area (Å²) in [6.07, 6.45) is 3.23. The molecule has 4 rings (SSSR count). The second-order valence-electron chi connectivity index (χ2n) is 6.99. The van der Waals surface area contributed by atoms with Crippen LogP contribution in [-0.4, -0.2) is 32.5 Å². The van der Waals surface area contributed by atoms with E-state index in [0.717, 1.165) is 48.2 Å². The summed E-state index contributed by atoms with van der Waals surface area (Å²) in [4.78, 5) is 10.6. The quantitative estimate of drug-likeness (QED) is 0.798. The molecule has 0 amide bonds. The van der Waals surface area contributed by atoms with Gasteiger partial charge in [-0.3, -0.25) is 4.90 Å². The molecule has 0 spiro atoms. The Morgan fingerprint density at radius 1 is 1.33 bits per heavy atom. The van der Waals surface area contributed by atoms with Crippen molar-refractivity contribution in [2.24, 2.45) is 7.05 Å². The Balaban J connectivity index is 1.52. The Labute approximate surface area is 141 Å². The van der Waals surface area contributed by atoms with E-state index >= 15 is 0 Å². The van der Waals surface area contributed by atoms with Gasteiger partial charge in [-0.25, -0.2) is 9.37 Å². The Kier molecular flexibility index (Phi) is 3.68. The highest BCUT2D eigenvalue weighted by Gasteiger charge is 2.27. The molecule has 0 aliphatic carbocycles. The number of fused-ring (bicyclic) bond motifs is 1. The molecule has 4 nitrogen and oxygen atoms in total. The van der Waals surface area contributed by atoms with Crippen LogP contribution in [0.25, 0.3) is 10.9 Å². The molecule has 1 unspecified atom stereocenters. The molecule has 126 valence electrons. The molecule has 3 heterocycles. The van der Waals surface area contributed by atoms with Gasteiger partial charge in [0.25, 0.3) is 0 Å². The smallest absolute Gasteiger partial charge is 0.123 e. The number of aromatic nitrogens is 3. The van der Waals surface area contributed by atoms with Crippen molar-refractivity contribution >= 4 is 10.9 Å². The van der Waals surface area contributed by atoms with E-state index in [-0.39, 0.29) is 5.82 Å². The fourth-order valence-electron chi connectivity index (χ4n) is 3.94. The van der Waals surface area contributed by atoms with Crippen molar-refractivity contribution < 1.29 is 4.39 Å². The van der Waals surface area contributed by atoms with Gasteiger partial charge in [0.2, 0.25) is 0 Å². The monoisotopic (exact) mass is 326 g/mol. The number of aromatic amines is 1. The Hall–Kier alpha value is -2.14. The van der Waals surface area contributed by atoms with Crippen LogP contribution < -0.4 is 0 Å². The largest absolute Gasteiger partial charge is 0.357 e. The van der Waals surface area contributed by atoms with E-state index in [9.17, 15) is 4.39 Å². The molecular formula is C19H23FN4. The third kappa shape index (κ3) is 2.63. The summed E-state index contributed by atoms with van der Waals surface area (Å²) < 4.78 is 15.6. The van der Waals surface area contributed by atoms with Crippen LogP contribution in [0.3, 0.4) is 0 Å². The number of imidazole rings is 1. The molecule has 2 aromatic heterocycles. The van der Waals surface area contributed by atoms with E-state index in [1.54, 1.807) is 6.07 Å². The number of benzene rings is 1. The predicted molar refractivity (Wildman–Crippen MR) is 93.6 cm³/mol. The lowest BCUT2D eigenvalue weighted by Crippen LogP contribution is -2.21. The number of halogens is 1. The van der Waals surface area contributed by atoms with Crippen molar-refractivity contribution in [3.63, 3.8) is 0 Å². The zero-order valence-corrected chi connectivity index (χ0v) is 14.4. The van der Waals surface area contributed by atoms with Crippen LogP contribution in [-0.2, 0) is 13.6 Å². The summed E-state index contributed by atoms with van der Waals surface area (Å²) in [6.45, 7) is 7.09. The highest BCUT2D eigenvalue weighted by molar-refractivity contribution is 5.84. The van der Waals surface area contributed by atoms with Gasteiger partial charge in [0.05, 0.1) is 5.69 Å². The summed E-state index contributed by atoms with van der Waals surface area (Å²) >= 11 is 0. The summed E-state index contributed by atoms with van der Waals surface area (Å²) in [5.74, 6) is 1.50. The van der Waals surface area contributed by atoms with Gasteiger partial charge in [0.15, 0.2) is 0 Å². The third-order valence-corrected chi connectivity index (χ3v) is 5.18. The predicted octanol–water partition coefficient (Wildman–Crippen LogP) is 3.65. The Bertz CT molecular complexity index is 892. The zero-order chi connectivity index (χ0) is 16.8. The van der Waals surface area contributed by atoms with E-state index in [1.165, 1.54) is 17.6 Å². The molecule has 5 heteroatoms. The minimum atomic E-state index is -0.178. The number of nitrogens with one attached hydrogen (secondary N) is 1. The minimum absolute atomic E-state index is 0.178. The van der Waals surface area contributed by atoms with Crippen molar-refractivity contribution in [2.75, 3.05) is 13.1 Å². The van der Waals surface area contributed by atoms with Crippen LogP contribution >= 0.6 is 0 Å². The normalized spacial score (nSPS) is 18.8. The Morgan fingerprint density at radius 3 is 2.92 bits per heavy atom. The SMILES string of the molecule is Cc1cn(C)c(C2CCN(Cc3[nH]c4ccc(F)cc4c3C)C2)n1. The molecule has 0 bridgehead atoms. The van der Waals surface area contributed by atoms with E-state index < -0.39 is 0 Å². The van der Waals surface area contributed by atoms with Gasteiger partial charge in [0, 0.05) is 48.8 Å². The standard InChI is InChI=1S/C19H23FN4/c1-12-9-23(3)19(21-12)14-6-7-24(10-14)11-18-13(2)16-8-15(20)4-5-17(16)22-18/h4-5,8-9,14,22H,6-7,10-11H2,1-3H3. The second-order valence-corrected chi connectivity index (χ2v) is 6.99. The molecule has 1 saturated heterocycles. The van der Waals surface area contributed by atoms with Crippen molar-refractivity contribution in [3.05, 3.63) is 53.0 Å². The first-order chi connectivity index (χ1) is 11.5. The fourth-order valence-corrected chi connectivity index (χ4v) is 3.94. The van der Waals surface area contributed by atoms with Gasteiger partial charge in [-0.1, -0.05) is 0 Å². The molecule has 1 aliphatic rings. The molecule has 0 radical (unpaired) electrons. The van der Waals surface area contributed by atoms with Crippen molar-refractivity contribution in [1.29, 1.82) is 0 Å². The lowest BCUT2D eigenvalue weighted by atomic mass is 10.1. The van der Waals surface area contributed by atoms with Crippen LogP contribution in [0.4, 0.5) is 4.39 Å². The van der Waals surface area contributed by atoms with Crippen LogP contribution in [0, 0.1) is 19.7 Å². The lowest BCUT2D eigenvalue weighted by Gasteiger charge is -2.16. The van der Waals surface area contributed by atoms with Gasteiger partial charge >= 0.3 is 0 Å². The molecule has 1 aromatic carbocycles. The van der Waals surface area contributed by atoms with Gasteiger partial charge in [-0.05, 0) is 50.6 Å². The molecular weight excluding hydrogens is 303 g/mol. The van der Waals surface area contributed by atoms with Gasteiger partial charge in [-0.15, -0.1) is 0 Å². The first kappa shape index (κ1) is 15.4. The molecule has 0 saturated carbocycles. The topological polar surface area (TPSA) is 36.9 Å². The summed E-state index contributed by atoms with van der Waals surface area (Å²) in [5, 5.41) is 0.987. The minimum Gasteiger partial charge on any atom is -0.357 e. The van der Waals surface area contributed by atoms with Crippen LogP contribution in [0.2, 0.25) is 0 Å². The second kappa shape index (κ2) is 5.74. The van der Waals surface area contributed by atoms with E-state index in [2.05, 4.69) is 39.6 Å². The van der Waals surface area contributed by atoms with Crippen LogP contribution in [0.5, 0.6) is 0 Å². The maximum Gasteiger partial charge on any atom is 0.123 e. The maximum absolute atomic E-state index is 13.5. The zero-order valence-electron chi connectivity index (χ0n) is 14.4. The van der Waals surface area contributed by atoms with Crippen LogP contribution in [0.15, 0.2) is 24.4 Å².